The molecule has 0 saturated carbocycles. The Balaban J connectivity index is 1.68. The van der Waals surface area contributed by atoms with Crippen LogP contribution in [0, 0.1) is 0 Å². The third kappa shape index (κ3) is 5.15. The maximum absolute atomic E-state index is 12.9. The molecule has 2 aromatic rings. The predicted molar refractivity (Wildman–Crippen MR) is 113 cm³/mol. The van der Waals surface area contributed by atoms with Crippen LogP contribution < -0.4 is 20.7 Å². The van der Waals surface area contributed by atoms with E-state index in [1.807, 2.05) is 13.0 Å². The van der Waals surface area contributed by atoms with E-state index >= 15 is 0 Å². The zero-order chi connectivity index (χ0) is 21.5. The van der Waals surface area contributed by atoms with Crippen LogP contribution in [0.5, 0.6) is 5.75 Å². The highest BCUT2D eigenvalue weighted by Crippen LogP contribution is 2.25. The molecule has 30 heavy (non-hydrogen) atoms. The molecule has 4 N–H and O–H groups in total. The second-order valence-electron chi connectivity index (χ2n) is 6.96. The highest BCUT2D eigenvalue weighted by molar-refractivity contribution is 6.03. The number of morpholine rings is 1. The van der Waals surface area contributed by atoms with Crippen LogP contribution in [0.1, 0.15) is 18.9 Å². The van der Waals surface area contributed by atoms with Gasteiger partial charge in [-0.15, -0.1) is 0 Å². The zero-order valence-electron chi connectivity index (χ0n) is 16.9. The average Bonchev–Trinajstić information content (AvgIpc) is 2.78. The third-order valence-electron chi connectivity index (χ3n) is 4.74. The van der Waals surface area contributed by atoms with Crippen LogP contribution in [-0.4, -0.2) is 48.9 Å². The van der Waals surface area contributed by atoms with Gasteiger partial charge >= 0.3 is 0 Å². The van der Waals surface area contributed by atoms with Crippen molar-refractivity contribution in [3.63, 3.8) is 0 Å². The molecule has 2 aromatic carbocycles. The number of rotatable bonds is 8. The van der Waals surface area contributed by atoms with E-state index in [1.165, 1.54) is 4.90 Å². The van der Waals surface area contributed by atoms with E-state index in [1.54, 1.807) is 42.5 Å². The van der Waals surface area contributed by atoms with Crippen LogP contribution in [-0.2, 0) is 20.9 Å². The van der Waals surface area contributed by atoms with Crippen molar-refractivity contribution in [1.82, 2.24) is 0 Å². The molecule has 1 aliphatic heterocycles. The van der Waals surface area contributed by atoms with E-state index in [0.717, 1.165) is 12.0 Å². The minimum Gasteiger partial charge on any atom is -0.494 e. The molecular weight excluding hydrogens is 386 g/mol. The van der Waals surface area contributed by atoms with Gasteiger partial charge in [0.1, 0.15) is 5.75 Å². The zero-order valence-corrected chi connectivity index (χ0v) is 16.9. The minimum atomic E-state index is -1.64. The summed E-state index contributed by atoms with van der Waals surface area (Å²) in [5.41, 5.74) is 7.61. The largest absolute Gasteiger partial charge is 0.494 e. The second-order valence-corrected chi connectivity index (χ2v) is 6.96. The van der Waals surface area contributed by atoms with E-state index in [0.29, 0.717) is 36.8 Å². The first-order chi connectivity index (χ1) is 14.5. The van der Waals surface area contributed by atoms with Crippen molar-refractivity contribution in [1.29, 1.82) is 0 Å². The fraction of sp³-hybridized carbons (Fsp3) is 0.364. The number of nitrogens with two attached hydrogens (primary N) is 1. The molecule has 1 saturated heterocycles. The lowest BCUT2D eigenvalue weighted by molar-refractivity contribution is -0.150. The molecular formula is C22H27N3O5. The number of aliphatic hydroxyl groups excluding tert-OH is 1. The number of carbonyl (C=O) groups excluding carboxylic acids is 2. The first-order valence-corrected chi connectivity index (χ1v) is 9.97. The summed E-state index contributed by atoms with van der Waals surface area (Å²) in [5.74, 6) is -0.532. The molecule has 3 rings (SSSR count). The Labute approximate surface area is 175 Å². The van der Waals surface area contributed by atoms with Crippen LogP contribution >= 0.6 is 0 Å². The number of amides is 2. The topological polar surface area (TPSA) is 114 Å². The molecule has 2 atom stereocenters. The number of carbonyl (C=O) groups is 2. The number of nitrogens with one attached hydrogen (secondary N) is 1. The predicted octanol–water partition coefficient (Wildman–Crippen LogP) is 1.67. The fourth-order valence-corrected chi connectivity index (χ4v) is 3.13. The van der Waals surface area contributed by atoms with Crippen LogP contribution in [0.3, 0.4) is 0 Å². The lowest BCUT2D eigenvalue weighted by Crippen LogP contribution is -2.55. The summed E-state index contributed by atoms with van der Waals surface area (Å²) < 4.78 is 11.1. The maximum Gasteiger partial charge on any atom is 0.259 e. The van der Waals surface area contributed by atoms with Crippen molar-refractivity contribution in [3.05, 3.63) is 54.1 Å². The van der Waals surface area contributed by atoms with E-state index in [-0.39, 0.29) is 6.61 Å². The van der Waals surface area contributed by atoms with Crippen molar-refractivity contribution in [2.24, 2.45) is 5.73 Å². The van der Waals surface area contributed by atoms with Gasteiger partial charge in [0, 0.05) is 30.5 Å². The van der Waals surface area contributed by atoms with Gasteiger partial charge in [0.05, 0.1) is 13.2 Å². The molecule has 0 aromatic heterocycles. The number of ether oxygens (including phenoxy) is 2. The van der Waals surface area contributed by atoms with Crippen molar-refractivity contribution in [2.45, 2.75) is 32.1 Å². The summed E-state index contributed by atoms with van der Waals surface area (Å²) >= 11 is 0. The second kappa shape index (κ2) is 10.2. The van der Waals surface area contributed by atoms with Gasteiger partial charge in [-0.1, -0.05) is 25.1 Å². The Bertz CT molecular complexity index is 871. The Hall–Kier alpha value is -2.94. The molecule has 0 aliphatic carbocycles. The minimum absolute atomic E-state index is 0.200. The molecule has 0 bridgehead atoms. The first-order valence-electron chi connectivity index (χ1n) is 9.97. The molecule has 8 heteroatoms. The van der Waals surface area contributed by atoms with E-state index in [9.17, 15) is 14.7 Å². The lowest BCUT2D eigenvalue weighted by Gasteiger charge is -2.34. The van der Waals surface area contributed by atoms with Crippen LogP contribution in [0.4, 0.5) is 11.4 Å². The summed E-state index contributed by atoms with van der Waals surface area (Å²) in [4.78, 5) is 26.9. The molecule has 2 amide bonds. The summed E-state index contributed by atoms with van der Waals surface area (Å²) in [6.45, 7) is 3.50. The smallest absolute Gasteiger partial charge is 0.259 e. The highest BCUT2D eigenvalue weighted by Gasteiger charge is 2.39. The van der Waals surface area contributed by atoms with Gasteiger partial charge < -0.3 is 30.5 Å². The van der Waals surface area contributed by atoms with Gasteiger partial charge in [0.25, 0.3) is 11.8 Å². The first kappa shape index (κ1) is 21.8. The maximum atomic E-state index is 12.9. The summed E-state index contributed by atoms with van der Waals surface area (Å²) in [5, 5.41) is 13.1. The molecule has 0 unspecified atom stereocenters. The van der Waals surface area contributed by atoms with Crippen LogP contribution in [0.2, 0.25) is 0 Å². The summed E-state index contributed by atoms with van der Waals surface area (Å²) in [6.07, 6.45) is -2.06. The number of hydrogen-bond donors (Lipinski definition) is 3. The number of benzene rings is 2. The van der Waals surface area contributed by atoms with Gasteiger partial charge in [0.15, 0.2) is 12.2 Å². The Kier molecular flexibility index (Phi) is 7.40. The van der Waals surface area contributed by atoms with Gasteiger partial charge in [-0.2, -0.15) is 0 Å². The standard InChI is InChI=1S/C22H27N3O5/c1-2-11-29-18-5-3-4-17(13-18)25-10-12-30-20(22(25)28)19(26)21(27)24-16-8-6-15(14-23)7-9-16/h3-9,13,19-20,26H,2,10-12,14,23H2,1H3,(H,24,27)/t19-,20-/m1/s1. The Morgan fingerprint density at radius 3 is 2.80 bits per heavy atom. The van der Waals surface area contributed by atoms with E-state index in [2.05, 4.69) is 5.32 Å². The monoisotopic (exact) mass is 413 g/mol. The average molecular weight is 413 g/mol. The Morgan fingerprint density at radius 1 is 1.33 bits per heavy atom. The molecule has 0 spiro atoms. The summed E-state index contributed by atoms with van der Waals surface area (Å²) in [7, 11) is 0. The Morgan fingerprint density at radius 2 is 2.10 bits per heavy atom. The molecule has 0 radical (unpaired) electrons. The van der Waals surface area contributed by atoms with Gasteiger partial charge in [-0.3, -0.25) is 9.59 Å². The van der Waals surface area contributed by atoms with Crippen molar-refractivity contribution in [3.8, 4) is 5.75 Å². The van der Waals surface area contributed by atoms with E-state index < -0.39 is 24.0 Å². The molecule has 1 fully saturated rings. The van der Waals surface area contributed by atoms with Crippen molar-refractivity contribution < 1.29 is 24.2 Å². The number of hydrogen-bond acceptors (Lipinski definition) is 6. The van der Waals surface area contributed by atoms with Crippen molar-refractivity contribution in [2.75, 3.05) is 30.0 Å². The number of aliphatic hydroxyl groups is 1. The van der Waals surface area contributed by atoms with Crippen LogP contribution in [0.25, 0.3) is 0 Å². The fourth-order valence-electron chi connectivity index (χ4n) is 3.13. The molecule has 1 heterocycles. The SMILES string of the molecule is CCCOc1cccc(N2CCO[C@H]([C@@H](O)C(=O)Nc3ccc(CN)cc3)C2=O)c1. The quantitative estimate of drug-likeness (QED) is 0.607. The summed E-state index contributed by atoms with van der Waals surface area (Å²) in [6, 6.07) is 14.1. The molecule has 8 nitrogen and oxygen atoms in total. The van der Waals surface area contributed by atoms with Gasteiger partial charge in [0.2, 0.25) is 0 Å². The normalized spacial score (nSPS) is 17.5. The van der Waals surface area contributed by atoms with Crippen LogP contribution in [0.15, 0.2) is 48.5 Å². The van der Waals surface area contributed by atoms with Gasteiger partial charge in [-0.05, 0) is 36.2 Å². The van der Waals surface area contributed by atoms with Gasteiger partial charge in [-0.25, -0.2) is 0 Å². The highest BCUT2D eigenvalue weighted by atomic mass is 16.5. The van der Waals surface area contributed by atoms with E-state index in [4.69, 9.17) is 15.2 Å². The lowest BCUT2D eigenvalue weighted by atomic mass is 10.1. The number of anilines is 2. The molecule has 1 aliphatic rings. The molecule has 160 valence electrons. The van der Waals surface area contributed by atoms with Crippen molar-refractivity contribution >= 4 is 23.2 Å². The third-order valence-corrected chi connectivity index (χ3v) is 4.74. The number of nitrogens with zero attached hydrogens (tertiary/aromatic N) is 1.